The quantitative estimate of drug-likeness (QED) is 0.847. The van der Waals surface area contributed by atoms with E-state index in [0.29, 0.717) is 22.0 Å². The van der Waals surface area contributed by atoms with Crippen LogP contribution in [0.15, 0.2) is 34.1 Å². The van der Waals surface area contributed by atoms with Gasteiger partial charge in [-0.05, 0) is 38.1 Å². The summed E-state index contributed by atoms with van der Waals surface area (Å²) in [6, 6.07) is 5.88. The zero-order valence-corrected chi connectivity index (χ0v) is 12.3. The minimum atomic E-state index is -1.04. The van der Waals surface area contributed by atoms with Crippen molar-refractivity contribution in [2.45, 2.75) is 19.9 Å². The van der Waals surface area contributed by atoms with Crippen molar-refractivity contribution in [2.24, 2.45) is 4.99 Å². The van der Waals surface area contributed by atoms with Gasteiger partial charge in [0.25, 0.3) is 5.56 Å². The van der Waals surface area contributed by atoms with Crippen LogP contribution in [0.25, 0.3) is 5.69 Å². The van der Waals surface area contributed by atoms with Gasteiger partial charge in [0.2, 0.25) is 0 Å². The van der Waals surface area contributed by atoms with Crippen LogP contribution in [0.3, 0.4) is 0 Å². The van der Waals surface area contributed by atoms with Gasteiger partial charge in [-0.3, -0.25) is 14.9 Å². The minimum Gasteiger partial charge on any atom is -0.480 e. The Morgan fingerprint density at radius 1 is 1.43 bits per heavy atom. The van der Waals surface area contributed by atoms with Gasteiger partial charge in [0.15, 0.2) is 0 Å². The zero-order valence-electron chi connectivity index (χ0n) is 11.5. The average Bonchev–Trinajstić information content (AvgIpc) is 2.72. The number of halogens is 1. The van der Waals surface area contributed by atoms with Gasteiger partial charge in [-0.25, -0.2) is 9.48 Å². The Labute approximate surface area is 125 Å². The average molecular weight is 308 g/mol. The molecule has 0 unspecified atom stereocenters. The molecule has 0 fully saturated rings. The number of aryl methyl sites for hydroxylation is 1. The van der Waals surface area contributed by atoms with E-state index in [4.69, 9.17) is 16.7 Å². The largest absolute Gasteiger partial charge is 0.480 e. The summed E-state index contributed by atoms with van der Waals surface area (Å²) in [5.74, 6) is -1.04. The lowest BCUT2D eigenvalue weighted by Gasteiger charge is -2.00. The summed E-state index contributed by atoms with van der Waals surface area (Å²) in [4.78, 5) is 26.9. The first-order valence-corrected chi connectivity index (χ1v) is 6.61. The number of H-pyrrole nitrogens is 1. The van der Waals surface area contributed by atoms with E-state index in [-0.39, 0.29) is 5.56 Å². The monoisotopic (exact) mass is 307 g/mol. The number of hydrogen-bond acceptors (Lipinski definition) is 3. The highest BCUT2D eigenvalue weighted by atomic mass is 35.5. The van der Waals surface area contributed by atoms with Crippen LogP contribution in [0.1, 0.15) is 18.2 Å². The highest BCUT2D eigenvalue weighted by Gasteiger charge is 2.12. The van der Waals surface area contributed by atoms with Crippen LogP contribution in [0.4, 0.5) is 0 Å². The highest BCUT2D eigenvalue weighted by molar-refractivity contribution is 6.30. The van der Waals surface area contributed by atoms with E-state index in [1.807, 2.05) is 0 Å². The van der Waals surface area contributed by atoms with E-state index in [2.05, 4.69) is 10.1 Å². The molecular formula is C14H14ClN3O3. The molecule has 0 bridgehead atoms. The number of hydrogen-bond donors (Lipinski definition) is 2. The molecule has 0 aliphatic carbocycles. The van der Waals surface area contributed by atoms with Gasteiger partial charge < -0.3 is 5.11 Å². The van der Waals surface area contributed by atoms with E-state index in [1.165, 1.54) is 17.8 Å². The van der Waals surface area contributed by atoms with Crippen LogP contribution in [0, 0.1) is 6.92 Å². The van der Waals surface area contributed by atoms with Crippen LogP contribution in [-0.2, 0) is 4.79 Å². The lowest BCUT2D eigenvalue weighted by atomic mass is 10.2. The smallest absolute Gasteiger partial charge is 0.328 e. The molecule has 0 aliphatic heterocycles. The maximum absolute atomic E-state index is 12.3. The lowest BCUT2D eigenvalue weighted by molar-refractivity contribution is -0.137. The second-order valence-electron chi connectivity index (χ2n) is 4.56. The molecule has 1 atom stereocenters. The van der Waals surface area contributed by atoms with E-state index in [9.17, 15) is 9.59 Å². The summed E-state index contributed by atoms with van der Waals surface area (Å²) in [5, 5.41) is 12.3. The number of aromatic nitrogens is 2. The molecule has 0 radical (unpaired) electrons. The SMILES string of the molecule is Cc1[nH]n(-c2ccc(Cl)cc2)c(=O)c1C=N[C@@H](C)C(=O)O. The summed E-state index contributed by atoms with van der Waals surface area (Å²) in [6.45, 7) is 3.17. The van der Waals surface area contributed by atoms with E-state index in [0.717, 1.165) is 0 Å². The Morgan fingerprint density at radius 3 is 2.62 bits per heavy atom. The molecule has 1 aromatic heterocycles. The van der Waals surface area contributed by atoms with Gasteiger partial charge in [-0.1, -0.05) is 11.6 Å². The molecule has 0 amide bonds. The van der Waals surface area contributed by atoms with Gasteiger partial charge in [0.1, 0.15) is 6.04 Å². The van der Waals surface area contributed by atoms with Gasteiger partial charge >= 0.3 is 5.97 Å². The van der Waals surface area contributed by atoms with Crippen LogP contribution in [-0.4, -0.2) is 33.1 Å². The van der Waals surface area contributed by atoms with Crippen molar-refractivity contribution in [1.29, 1.82) is 0 Å². The van der Waals surface area contributed by atoms with Crippen molar-refractivity contribution in [3.63, 3.8) is 0 Å². The van der Waals surface area contributed by atoms with E-state index >= 15 is 0 Å². The predicted octanol–water partition coefficient (Wildman–Crippen LogP) is 2.02. The first kappa shape index (κ1) is 15.1. The summed E-state index contributed by atoms with van der Waals surface area (Å²) >= 11 is 5.82. The molecule has 7 heteroatoms. The predicted molar refractivity (Wildman–Crippen MR) is 80.8 cm³/mol. The van der Waals surface area contributed by atoms with Crippen LogP contribution in [0.2, 0.25) is 5.02 Å². The Morgan fingerprint density at radius 2 is 2.05 bits per heavy atom. The summed E-state index contributed by atoms with van der Waals surface area (Å²) < 4.78 is 1.36. The van der Waals surface area contributed by atoms with Crippen molar-refractivity contribution in [2.75, 3.05) is 0 Å². The lowest BCUT2D eigenvalue weighted by Crippen LogP contribution is -2.18. The Kier molecular flexibility index (Phi) is 4.28. The number of rotatable bonds is 4. The number of carboxylic acid groups (broad SMARTS) is 1. The fourth-order valence-electron chi connectivity index (χ4n) is 1.73. The molecule has 110 valence electrons. The van der Waals surface area contributed by atoms with E-state index in [1.54, 1.807) is 31.2 Å². The maximum atomic E-state index is 12.3. The van der Waals surface area contributed by atoms with Crippen molar-refractivity contribution < 1.29 is 9.90 Å². The third-order valence-corrected chi connectivity index (χ3v) is 3.24. The first-order chi connectivity index (χ1) is 9.90. The number of aliphatic carboxylic acids is 1. The van der Waals surface area contributed by atoms with Gasteiger partial charge in [-0.2, -0.15) is 0 Å². The number of carboxylic acids is 1. The van der Waals surface area contributed by atoms with Crippen molar-refractivity contribution >= 4 is 23.8 Å². The number of aromatic amines is 1. The Bertz CT molecular complexity index is 744. The fraction of sp³-hybridized carbons (Fsp3) is 0.214. The number of carbonyl (C=O) groups is 1. The highest BCUT2D eigenvalue weighted by Crippen LogP contribution is 2.12. The summed E-state index contributed by atoms with van der Waals surface area (Å²) in [7, 11) is 0. The molecule has 0 saturated carbocycles. The maximum Gasteiger partial charge on any atom is 0.328 e. The second-order valence-corrected chi connectivity index (χ2v) is 5.00. The molecule has 21 heavy (non-hydrogen) atoms. The van der Waals surface area contributed by atoms with Crippen LogP contribution in [0.5, 0.6) is 0 Å². The zero-order chi connectivity index (χ0) is 15.6. The standard InChI is InChI=1S/C14H14ClN3O3/c1-8-12(7-16-9(2)14(20)21)13(19)18(17-8)11-5-3-10(15)4-6-11/h3-7,9,17H,1-2H3,(H,20,21)/t9-/m0/s1. The number of nitrogens with zero attached hydrogens (tertiary/aromatic N) is 2. The van der Waals surface area contributed by atoms with Crippen molar-refractivity contribution in [1.82, 2.24) is 9.78 Å². The molecule has 0 spiro atoms. The molecule has 2 aromatic rings. The summed E-state index contributed by atoms with van der Waals surface area (Å²) in [5.41, 5.74) is 1.28. The Hall–Kier alpha value is -2.34. The molecular weight excluding hydrogens is 294 g/mol. The molecule has 0 saturated heterocycles. The minimum absolute atomic E-state index is 0.295. The molecule has 0 aliphatic rings. The summed E-state index contributed by atoms with van der Waals surface area (Å²) in [6.07, 6.45) is 1.29. The van der Waals surface area contributed by atoms with Crippen molar-refractivity contribution in [3.05, 3.63) is 50.9 Å². The van der Waals surface area contributed by atoms with E-state index < -0.39 is 12.0 Å². The Balaban J connectivity index is 2.40. The molecule has 1 heterocycles. The van der Waals surface area contributed by atoms with Gasteiger partial charge in [0, 0.05) is 16.9 Å². The third kappa shape index (κ3) is 3.22. The number of aliphatic imine (C=N–C) groups is 1. The van der Waals surface area contributed by atoms with Crippen LogP contribution < -0.4 is 5.56 Å². The first-order valence-electron chi connectivity index (χ1n) is 6.23. The molecule has 2 N–H and O–H groups in total. The van der Waals surface area contributed by atoms with Crippen molar-refractivity contribution in [3.8, 4) is 5.69 Å². The molecule has 6 nitrogen and oxygen atoms in total. The molecule has 2 rings (SSSR count). The van der Waals surface area contributed by atoms with Gasteiger partial charge in [-0.15, -0.1) is 0 Å². The normalized spacial score (nSPS) is 12.7. The molecule has 1 aromatic carbocycles. The van der Waals surface area contributed by atoms with Gasteiger partial charge in [0.05, 0.1) is 11.3 Å². The second kappa shape index (κ2) is 5.97. The number of nitrogens with one attached hydrogen (secondary N) is 1. The third-order valence-electron chi connectivity index (χ3n) is 2.99. The number of benzene rings is 1. The van der Waals surface area contributed by atoms with Crippen LogP contribution >= 0.6 is 11.6 Å². The topological polar surface area (TPSA) is 87.5 Å². The fourth-order valence-corrected chi connectivity index (χ4v) is 1.86.